The van der Waals surface area contributed by atoms with Crippen molar-refractivity contribution in [3.05, 3.63) is 23.8 Å². The number of nitrogens with one attached hydrogen (secondary N) is 2. The molecule has 0 aliphatic rings. The summed E-state index contributed by atoms with van der Waals surface area (Å²) in [5, 5.41) is 14.8. The number of benzene rings is 1. The smallest absolute Gasteiger partial charge is 0.187 e. The minimum absolute atomic E-state index is 0.163. The van der Waals surface area contributed by atoms with E-state index >= 15 is 0 Å². The van der Waals surface area contributed by atoms with Crippen molar-refractivity contribution < 1.29 is 13.9 Å². The third kappa shape index (κ3) is 4.44. The highest BCUT2D eigenvalue weighted by atomic mass is 32.1. The van der Waals surface area contributed by atoms with Crippen molar-refractivity contribution >= 4 is 23.0 Å². The first-order valence-corrected chi connectivity index (χ1v) is 6.18. The molecule has 1 rings (SSSR count). The van der Waals surface area contributed by atoms with E-state index in [9.17, 15) is 8.78 Å². The van der Waals surface area contributed by atoms with Crippen LogP contribution in [0.25, 0.3) is 0 Å². The van der Waals surface area contributed by atoms with Gasteiger partial charge < -0.3 is 15.7 Å². The van der Waals surface area contributed by atoms with Gasteiger partial charge >= 0.3 is 0 Å². The average Bonchev–Trinajstić information content (AvgIpc) is 2.31. The fourth-order valence-electron chi connectivity index (χ4n) is 1.39. The molecule has 0 spiro atoms. The topological polar surface area (TPSA) is 44.3 Å². The number of hydrogen-bond donors (Lipinski definition) is 3. The van der Waals surface area contributed by atoms with E-state index in [0.717, 1.165) is 31.4 Å². The summed E-state index contributed by atoms with van der Waals surface area (Å²) in [6, 6.07) is 1.97. The first-order chi connectivity index (χ1) is 8.54. The van der Waals surface area contributed by atoms with Crippen LogP contribution in [0.5, 0.6) is 5.75 Å². The summed E-state index contributed by atoms with van der Waals surface area (Å²) in [5.41, 5.74) is 0.163. The largest absolute Gasteiger partial charge is 0.503 e. The van der Waals surface area contributed by atoms with Gasteiger partial charge in [0.15, 0.2) is 22.5 Å². The maximum atomic E-state index is 13.0. The van der Waals surface area contributed by atoms with Crippen molar-refractivity contribution in [2.75, 3.05) is 11.9 Å². The van der Waals surface area contributed by atoms with Crippen LogP contribution < -0.4 is 10.6 Å². The summed E-state index contributed by atoms with van der Waals surface area (Å²) in [5.74, 6) is -3.03. The number of hydrogen-bond acceptors (Lipinski definition) is 2. The van der Waals surface area contributed by atoms with Crippen molar-refractivity contribution in [2.24, 2.45) is 0 Å². The molecule has 0 aliphatic carbocycles. The molecule has 0 aromatic heterocycles. The highest BCUT2D eigenvalue weighted by molar-refractivity contribution is 7.80. The Hall–Kier alpha value is -1.43. The summed E-state index contributed by atoms with van der Waals surface area (Å²) in [6.45, 7) is 2.81. The van der Waals surface area contributed by atoms with Gasteiger partial charge in [-0.2, -0.15) is 0 Å². The van der Waals surface area contributed by atoms with Crippen LogP contribution in [0.1, 0.15) is 26.2 Å². The van der Waals surface area contributed by atoms with E-state index in [4.69, 9.17) is 17.3 Å². The van der Waals surface area contributed by atoms with Crippen molar-refractivity contribution in [2.45, 2.75) is 26.2 Å². The predicted molar refractivity (Wildman–Crippen MR) is 71.8 cm³/mol. The van der Waals surface area contributed by atoms with Crippen LogP contribution in [0.2, 0.25) is 0 Å². The minimum atomic E-state index is -1.02. The molecule has 18 heavy (non-hydrogen) atoms. The van der Waals surface area contributed by atoms with Gasteiger partial charge in [-0.05, 0) is 18.6 Å². The van der Waals surface area contributed by atoms with Gasteiger partial charge in [0.25, 0.3) is 0 Å². The lowest BCUT2D eigenvalue weighted by atomic mass is 10.2. The first kappa shape index (κ1) is 14.6. The molecule has 0 amide bonds. The predicted octanol–water partition coefficient (Wildman–Crippen LogP) is 3.15. The Balaban J connectivity index is 2.49. The number of halogens is 2. The van der Waals surface area contributed by atoms with Crippen molar-refractivity contribution in [1.82, 2.24) is 5.32 Å². The number of thiocarbonyl (C=S) groups is 1. The second-order valence-corrected chi connectivity index (χ2v) is 4.28. The Kier molecular flexibility index (Phi) is 5.77. The summed E-state index contributed by atoms with van der Waals surface area (Å²) < 4.78 is 26.1. The van der Waals surface area contributed by atoms with Gasteiger partial charge in [0.2, 0.25) is 0 Å². The molecule has 3 nitrogen and oxygen atoms in total. The Morgan fingerprint density at radius 1 is 1.28 bits per heavy atom. The molecule has 1 aromatic carbocycles. The van der Waals surface area contributed by atoms with Crippen LogP contribution >= 0.6 is 12.2 Å². The number of phenolic OH excluding ortho intramolecular Hbond substituents is 1. The molecule has 0 atom stereocenters. The van der Waals surface area contributed by atoms with E-state index in [-0.39, 0.29) is 5.69 Å². The van der Waals surface area contributed by atoms with Crippen LogP contribution in [0, 0.1) is 11.6 Å². The van der Waals surface area contributed by atoms with Gasteiger partial charge in [-0.15, -0.1) is 0 Å². The number of aromatic hydroxyl groups is 1. The number of phenols is 1. The Morgan fingerprint density at radius 3 is 2.44 bits per heavy atom. The molecular weight excluding hydrogens is 258 g/mol. The fourth-order valence-corrected chi connectivity index (χ4v) is 1.61. The van der Waals surface area contributed by atoms with E-state index in [1.807, 2.05) is 0 Å². The van der Waals surface area contributed by atoms with Crippen LogP contribution in [-0.4, -0.2) is 16.8 Å². The summed E-state index contributed by atoms with van der Waals surface area (Å²) in [7, 11) is 0. The Morgan fingerprint density at radius 2 is 1.89 bits per heavy atom. The van der Waals surface area contributed by atoms with Crippen LogP contribution in [0.4, 0.5) is 14.5 Å². The Labute approximate surface area is 110 Å². The molecule has 0 unspecified atom stereocenters. The standard InChI is InChI=1S/C12H16F2N2OS/c1-2-3-4-5-15-12(18)16-8-6-9(13)11(17)10(14)7-8/h6-7,17H,2-5H2,1H3,(H2,15,16,18). The van der Waals surface area contributed by atoms with Crippen LogP contribution in [-0.2, 0) is 0 Å². The highest BCUT2D eigenvalue weighted by Gasteiger charge is 2.09. The van der Waals surface area contributed by atoms with E-state index in [1.54, 1.807) is 0 Å². The van der Waals surface area contributed by atoms with Gasteiger partial charge in [-0.25, -0.2) is 8.78 Å². The van der Waals surface area contributed by atoms with Crippen LogP contribution in [0.15, 0.2) is 12.1 Å². The summed E-state index contributed by atoms with van der Waals surface area (Å²) in [4.78, 5) is 0. The van der Waals surface area contributed by atoms with Crippen molar-refractivity contribution in [3.8, 4) is 5.75 Å². The zero-order chi connectivity index (χ0) is 13.5. The molecule has 0 heterocycles. The second-order valence-electron chi connectivity index (χ2n) is 3.88. The van der Waals surface area contributed by atoms with Crippen LogP contribution in [0.3, 0.4) is 0 Å². The first-order valence-electron chi connectivity index (χ1n) is 5.77. The fraction of sp³-hybridized carbons (Fsp3) is 0.417. The van der Waals surface area contributed by atoms with Gasteiger partial charge in [0.05, 0.1) is 0 Å². The Bertz CT molecular complexity index is 404. The molecule has 0 radical (unpaired) electrons. The number of rotatable bonds is 5. The minimum Gasteiger partial charge on any atom is -0.503 e. The maximum absolute atomic E-state index is 13.0. The molecular formula is C12H16F2N2OS. The molecule has 1 aromatic rings. The average molecular weight is 274 g/mol. The lowest BCUT2D eigenvalue weighted by Gasteiger charge is -2.11. The van der Waals surface area contributed by atoms with Gasteiger partial charge in [-0.1, -0.05) is 19.8 Å². The van der Waals surface area contributed by atoms with E-state index in [2.05, 4.69) is 17.6 Å². The summed E-state index contributed by atoms with van der Waals surface area (Å²) >= 11 is 4.98. The van der Waals surface area contributed by atoms with Gasteiger partial charge in [0.1, 0.15) is 0 Å². The van der Waals surface area contributed by atoms with Crippen molar-refractivity contribution in [3.63, 3.8) is 0 Å². The number of anilines is 1. The van der Waals surface area contributed by atoms with Crippen molar-refractivity contribution in [1.29, 1.82) is 0 Å². The zero-order valence-electron chi connectivity index (χ0n) is 10.1. The monoisotopic (exact) mass is 274 g/mol. The molecule has 0 aliphatic heterocycles. The second kappa shape index (κ2) is 7.10. The lowest BCUT2D eigenvalue weighted by Crippen LogP contribution is -2.29. The SMILES string of the molecule is CCCCCNC(=S)Nc1cc(F)c(O)c(F)c1. The third-order valence-electron chi connectivity index (χ3n) is 2.34. The molecule has 6 heteroatoms. The molecule has 3 N–H and O–H groups in total. The number of unbranched alkanes of at least 4 members (excludes halogenated alkanes) is 2. The molecule has 0 fully saturated rings. The maximum Gasteiger partial charge on any atom is 0.187 e. The van der Waals surface area contributed by atoms with E-state index in [1.165, 1.54) is 0 Å². The third-order valence-corrected chi connectivity index (χ3v) is 2.59. The lowest BCUT2D eigenvalue weighted by molar-refractivity contribution is 0.396. The molecule has 0 saturated carbocycles. The quantitative estimate of drug-likeness (QED) is 0.438. The highest BCUT2D eigenvalue weighted by Crippen LogP contribution is 2.23. The molecule has 100 valence electrons. The van der Waals surface area contributed by atoms with Gasteiger partial charge in [-0.3, -0.25) is 0 Å². The summed E-state index contributed by atoms with van der Waals surface area (Å²) in [6.07, 6.45) is 3.19. The zero-order valence-corrected chi connectivity index (χ0v) is 10.9. The van der Waals surface area contributed by atoms with E-state index < -0.39 is 17.4 Å². The molecule has 0 saturated heterocycles. The van der Waals surface area contributed by atoms with Gasteiger partial charge in [0, 0.05) is 24.4 Å². The normalized spacial score (nSPS) is 10.2. The molecule has 0 bridgehead atoms. The van der Waals surface area contributed by atoms with E-state index in [0.29, 0.717) is 11.7 Å².